The number of halogens is 3. The van der Waals surface area contributed by atoms with Gasteiger partial charge in [0.1, 0.15) is 46.4 Å². The molecule has 0 radical (unpaired) electrons. The highest BCUT2D eigenvalue weighted by atomic mass is 31.2. The minimum Gasteiger partial charge on any atom is -0.497 e. The second kappa shape index (κ2) is 40.2. The Morgan fingerprint density at radius 1 is 0.480 bits per heavy atom. The number of nitrogens with zero attached hydrogens (tertiary/aromatic N) is 2. The normalized spacial score (nSPS) is 18.8. The predicted molar refractivity (Wildman–Crippen MR) is 384 cm³/mol. The molecule has 0 bridgehead atoms. The zero-order valence-corrected chi connectivity index (χ0v) is 62.2. The minimum atomic E-state index is -4.94. The average Bonchev–Trinajstić information content (AvgIpc) is 0.784. The fraction of sp³-hybridized carbons (Fsp3) is 0.513. The van der Waals surface area contributed by atoms with Crippen molar-refractivity contribution in [1.29, 1.82) is 0 Å². The summed E-state index contributed by atoms with van der Waals surface area (Å²) < 4.78 is 129. The third kappa shape index (κ3) is 22.3. The second-order valence-corrected chi connectivity index (χ2v) is 28.2. The van der Waals surface area contributed by atoms with Crippen LogP contribution in [0.2, 0.25) is 0 Å². The summed E-state index contributed by atoms with van der Waals surface area (Å²) in [4.78, 5) is 11.1. The van der Waals surface area contributed by atoms with Gasteiger partial charge in [0.25, 0.3) is 17.1 Å². The Hall–Kier alpha value is -5.88. The summed E-state index contributed by atoms with van der Waals surface area (Å²) in [6, 6.07) is 52.7. The molecule has 2 saturated heterocycles. The molecular formula is C76H105F3N4O15P2. The number of amides is 1. The average molecular weight is 1430 g/mol. The van der Waals surface area contributed by atoms with Gasteiger partial charge in [-0.3, -0.25) is 4.79 Å². The van der Waals surface area contributed by atoms with Crippen molar-refractivity contribution in [1.82, 2.24) is 14.7 Å². The maximum atomic E-state index is 12.5. The van der Waals surface area contributed by atoms with E-state index in [1.807, 2.05) is 128 Å². The molecule has 8 unspecified atom stereocenters. The van der Waals surface area contributed by atoms with Crippen LogP contribution in [0.5, 0.6) is 23.0 Å². The highest BCUT2D eigenvalue weighted by molar-refractivity contribution is 7.44. The van der Waals surface area contributed by atoms with Crippen LogP contribution in [0.3, 0.4) is 0 Å². The number of rotatable bonds is 39. The fourth-order valence-electron chi connectivity index (χ4n) is 12.4. The standard InChI is InChI=1S/C39H52F3N2O8P.C37H53N2O7P/c1-27(2)44(28(3)4)53(50-24-23-48-22-21-43-37(45)39(40,41)42)52-35-25-29(5)51-36(35)26-49-38(30-11-9-8-10-12-30,31-13-17-33(46-6)18-14-31)32-15-19-34(47-7)20-16-32;1-27(2)39(28(3)4)47(44-24-23-42-22-21-38)46-35-25-29(5)45-36(35)26-43-37(30-11-9-8-10-12-30,31-13-17-33(40-6)18-14-31)32-15-19-34(41-7)20-16-32/h8-20,27-29,35-36H,21-26H2,1-7H3,(H,43,45);8-20,27-29,35-36H,21-26,38H2,1-7H3. The molecule has 2 aliphatic rings. The maximum absolute atomic E-state index is 12.5. The van der Waals surface area contributed by atoms with Crippen LogP contribution in [0.25, 0.3) is 0 Å². The van der Waals surface area contributed by atoms with Gasteiger partial charge in [-0.05, 0) is 151 Å². The van der Waals surface area contributed by atoms with Crippen LogP contribution in [-0.4, -0.2) is 177 Å². The van der Waals surface area contributed by atoms with Gasteiger partial charge >= 0.3 is 12.1 Å². The topological polar surface area (TPSA) is 191 Å². The van der Waals surface area contributed by atoms with Crippen LogP contribution in [-0.2, 0) is 62.5 Å². The third-order valence-electron chi connectivity index (χ3n) is 16.9. The minimum absolute atomic E-state index is 0.00187. The molecular weight excluding hydrogens is 1330 g/mol. The molecule has 2 fully saturated rings. The highest BCUT2D eigenvalue weighted by Gasteiger charge is 2.46. The molecule has 19 nitrogen and oxygen atoms in total. The van der Waals surface area contributed by atoms with Gasteiger partial charge in [0, 0.05) is 50.1 Å². The number of ether oxygens (including phenoxy) is 10. The van der Waals surface area contributed by atoms with E-state index in [-0.39, 0.29) is 94.3 Å². The molecule has 24 heteroatoms. The number of benzene rings is 6. The third-order valence-corrected chi connectivity index (χ3v) is 21.2. The Kier molecular flexibility index (Phi) is 32.8. The van der Waals surface area contributed by atoms with E-state index in [9.17, 15) is 18.0 Å². The van der Waals surface area contributed by atoms with Crippen LogP contribution in [0, 0.1) is 0 Å². The predicted octanol–water partition coefficient (Wildman–Crippen LogP) is 14.5. The number of alkyl halides is 3. The molecule has 2 aliphatic heterocycles. The SMILES string of the molecule is COc1ccc(C(OCC2OC(C)CC2OP(OCCOCCN)N(C(C)C)C(C)C)(c2ccccc2)c2ccc(OC)cc2)cc1.COc1ccc(C(OCC2OC(C)CC2OP(OCCOCCNC(=O)C(F)(F)F)N(C(C)C)C(C)C)(c2ccccc2)c2ccc(OC)cc2)cc1. The Labute approximate surface area is 592 Å². The number of methoxy groups -OCH3 is 4. The van der Waals surface area contributed by atoms with Crippen molar-refractivity contribution in [3.8, 4) is 23.0 Å². The lowest BCUT2D eigenvalue weighted by Gasteiger charge is -2.39. The van der Waals surface area contributed by atoms with Crippen molar-refractivity contribution in [2.24, 2.45) is 5.73 Å². The Bertz CT molecular complexity index is 3170. The van der Waals surface area contributed by atoms with Gasteiger partial charge in [-0.2, -0.15) is 13.2 Å². The number of carbonyl (C=O) groups excluding carboxylic acids is 1. The van der Waals surface area contributed by atoms with Crippen molar-refractivity contribution in [3.63, 3.8) is 0 Å². The molecule has 8 atom stereocenters. The van der Waals surface area contributed by atoms with Crippen LogP contribution >= 0.6 is 17.1 Å². The molecule has 6 aromatic carbocycles. The largest absolute Gasteiger partial charge is 0.497 e. The molecule has 0 spiro atoms. The maximum Gasteiger partial charge on any atom is 0.471 e. The summed E-state index contributed by atoms with van der Waals surface area (Å²) in [7, 11) is 3.58. The number of hydrogen-bond acceptors (Lipinski definition) is 18. The van der Waals surface area contributed by atoms with E-state index in [1.54, 1.807) is 33.8 Å². The van der Waals surface area contributed by atoms with Crippen LogP contribution in [0.4, 0.5) is 13.2 Å². The zero-order chi connectivity index (χ0) is 72.4. The first-order chi connectivity index (χ1) is 48.0. The molecule has 550 valence electrons. The van der Waals surface area contributed by atoms with Crippen molar-refractivity contribution < 1.29 is 83.4 Å². The zero-order valence-electron chi connectivity index (χ0n) is 60.4. The van der Waals surface area contributed by atoms with E-state index in [0.717, 1.165) is 62.8 Å². The summed E-state index contributed by atoms with van der Waals surface area (Å²) in [5.74, 6) is 0.985. The van der Waals surface area contributed by atoms with Gasteiger partial charge in [-0.15, -0.1) is 0 Å². The molecule has 0 aliphatic carbocycles. The van der Waals surface area contributed by atoms with Gasteiger partial charge < -0.3 is 76.5 Å². The summed E-state index contributed by atoms with van der Waals surface area (Å²) in [5.41, 5.74) is 9.24. The lowest BCUT2D eigenvalue weighted by atomic mass is 9.80. The molecule has 2 heterocycles. The van der Waals surface area contributed by atoms with E-state index < -0.39 is 46.4 Å². The Morgan fingerprint density at radius 2 is 0.790 bits per heavy atom. The molecule has 1 amide bonds. The number of nitrogens with two attached hydrogens (primary N) is 1. The first-order valence-corrected chi connectivity index (χ1v) is 36.5. The number of carbonyl (C=O) groups is 1. The summed E-state index contributed by atoms with van der Waals surface area (Å²) in [6.07, 6.45) is -5.10. The second-order valence-electron chi connectivity index (χ2n) is 25.4. The Balaban J connectivity index is 0.000000283. The van der Waals surface area contributed by atoms with Gasteiger partial charge in [0.2, 0.25) is 0 Å². The van der Waals surface area contributed by atoms with E-state index in [0.29, 0.717) is 32.8 Å². The van der Waals surface area contributed by atoms with Gasteiger partial charge in [0.05, 0.1) is 106 Å². The molecule has 8 rings (SSSR count). The fourth-order valence-corrected chi connectivity index (χ4v) is 15.9. The van der Waals surface area contributed by atoms with Crippen LogP contribution in [0.1, 0.15) is 115 Å². The molecule has 100 heavy (non-hydrogen) atoms. The molecule has 0 aromatic heterocycles. The lowest BCUT2D eigenvalue weighted by molar-refractivity contribution is -0.173. The van der Waals surface area contributed by atoms with E-state index in [1.165, 1.54) is 0 Å². The van der Waals surface area contributed by atoms with Gasteiger partial charge in [-0.25, -0.2) is 9.34 Å². The molecule has 6 aromatic rings. The highest BCUT2D eigenvalue weighted by Crippen LogP contribution is 2.52. The van der Waals surface area contributed by atoms with Crippen LogP contribution in [0.15, 0.2) is 158 Å². The van der Waals surface area contributed by atoms with Crippen molar-refractivity contribution in [2.45, 2.75) is 160 Å². The first-order valence-electron chi connectivity index (χ1n) is 34.3. The molecule has 3 N–H and O–H groups in total. The monoisotopic (exact) mass is 1430 g/mol. The van der Waals surface area contributed by atoms with E-state index in [2.05, 4.69) is 108 Å². The summed E-state index contributed by atoms with van der Waals surface area (Å²) in [6.45, 7) is 23.2. The Morgan fingerprint density at radius 3 is 1.08 bits per heavy atom. The lowest BCUT2D eigenvalue weighted by Crippen LogP contribution is -2.40. The van der Waals surface area contributed by atoms with Crippen molar-refractivity contribution in [3.05, 3.63) is 191 Å². The molecule has 0 saturated carbocycles. The quantitative estimate of drug-likeness (QED) is 0.0210. The smallest absolute Gasteiger partial charge is 0.471 e. The van der Waals surface area contributed by atoms with E-state index >= 15 is 0 Å². The van der Waals surface area contributed by atoms with Crippen LogP contribution < -0.4 is 30.0 Å². The number of nitrogens with one attached hydrogen (secondary N) is 1. The summed E-state index contributed by atoms with van der Waals surface area (Å²) >= 11 is 0. The first kappa shape index (κ1) is 81.4. The summed E-state index contributed by atoms with van der Waals surface area (Å²) in [5, 5.41) is 1.80. The van der Waals surface area contributed by atoms with Gasteiger partial charge in [-0.1, -0.05) is 109 Å². The van der Waals surface area contributed by atoms with Crippen molar-refractivity contribution in [2.75, 3.05) is 94.4 Å². The van der Waals surface area contributed by atoms with E-state index in [4.69, 9.17) is 71.2 Å². The van der Waals surface area contributed by atoms with Gasteiger partial charge in [0.15, 0.2) is 0 Å². The van der Waals surface area contributed by atoms with Crippen molar-refractivity contribution >= 4 is 23.0 Å². The number of hydrogen-bond donors (Lipinski definition) is 2.